The van der Waals surface area contributed by atoms with Gasteiger partial charge in [0.2, 0.25) is 5.91 Å². The van der Waals surface area contributed by atoms with Gasteiger partial charge in [0.25, 0.3) is 10.0 Å². The number of hydrogen-bond donors (Lipinski definition) is 3. The number of hydrogen-bond acceptors (Lipinski definition) is 4. The molecule has 5 N–H and O–H groups in total. The fourth-order valence-corrected chi connectivity index (χ4v) is 3.08. The van der Waals surface area contributed by atoms with Gasteiger partial charge in [-0.05, 0) is 36.8 Å². The third-order valence-electron chi connectivity index (χ3n) is 2.97. The van der Waals surface area contributed by atoms with Crippen LogP contribution in [0.2, 0.25) is 0 Å². The highest BCUT2D eigenvalue weighted by molar-refractivity contribution is 7.92. The molecular weight excluding hydrogens is 290 g/mol. The number of carbonyl (C=O) groups excluding carboxylic acids is 1. The molecule has 21 heavy (non-hydrogen) atoms. The van der Waals surface area contributed by atoms with Crippen LogP contribution in [-0.2, 0) is 10.0 Å². The maximum absolute atomic E-state index is 12.3. The molecule has 0 heterocycles. The molecule has 0 spiro atoms. The van der Waals surface area contributed by atoms with Crippen LogP contribution in [0, 0.1) is 6.92 Å². The molecule has 6 nitrogen and oxygen atoms in total. The van der Waals surface area contributed by atoms with E-state index in [2.05, 4.69) is 4.72 Å². The molecule has 0 fully saturated rings. The largest absolute Gasteiger partial charge is 0.398 e. The van der Waals surface area contributed by atoms with Crippen LogP contribution in [0.1, 0.15) is 15.9 Å². The van der Waals surface area contributed by atoms with Crippen LogP contribution >= 0.6 is 0 Å². The summed E-state index contributed by atoms with van der Waals surface area (Å²) in [7, 11) is -3.84. The van der Waals surface area contributed by atoms with Gasteiger partial charge in [0.05, 0.1) is 11.4 Å². The molecule has 0 saturated heterocycles. The van der Waals surface area contributed by atoms with Crippen molar-refractivity contribution in [3.63, 3.8) is 0 Å². The smallest absolute Gasteiger partial charge is 0.263 e. The summed E-state index contributed by atoms with van der Waals surface area (Å²) in [4.78, 5) is 11.0. The Morgan fingerprint density at radius 1 is 1.14 bits per heavy atom. The molecule has 2 aromatic carbocycles. The van der Waals surface area contributed by atoms with Gasteiger partial charge in [0.1, 0.15) is 4.90 Å². The highest BCUT2D eigenvalue weighted by Crippen LogP contribution is 2.24. The van der Waals surface area contributed by atoms with E-state index in [-0.39, 0.29) is 16.1 Å². The SMILES string of the molecule is Cc1ccccc1NS(=O)(=O)c1ccc(C(N)=O)cc1N. The summed E-state index contributed by atoms with van der Waals surface area (Å²) in [6.07, 6.45) is 0. The van der Waals surface area contributed by atoms with E-state index in [0.29, 0.717) is 5.69 Å². The number of aryl methyl sites for hydroxylation is 1. The Kier molecular flexibility index (Phi) is 3.86. The molecule has 0 radical (unpaired) electrons. The molecule has 0 bridgehead atoms. The normalized spacial score (nSPS) is 11.1. The molecule has 0 saturated carbocycles. The highest BCUT2D eigenvalue weighted by Gasteiger charge is 2.19. The van der Waals surface area contributed by atoms with Crippen LogP contribution in [-0.4, -0.2) is 14.3 Å². The highest BCUT2D eigenvalue weighted by atomic mass is 32.2. The molecule has 2 rings (SSSR count). The second-order valence-electron chi connectivity index (χ2n) is 4.54. The number of rotatable bonds is 4. The Morgan fingerprint density at radius 2 is 1.81 bits per heavy atom. The molecule has 0 aromatic heterocycles. The van der Waals surface area contributed by atoms with Gasteiger partial charge in [-0.15, -0.1) is 0 Å². The lowest BCUT2D eigenvalue weighted by Gasteiger charge is -2.12. The molecule has 7 heteroatoms. The van der Waals surface area contributed by atoms with Crippen molar-refractivity contribution < 1.29 is 13.2 Å². The minimum Gasteiger partial charge on any atom is -0.398 e. The first kappa shape index (κ1) is 14.9. The Bertz CT molecular complexity index is 801. The topological polar surface area (TPSA) is 115 Å². The Hall–Kier alpha value is -2.54. The van der Waals surface area contributed by atoms with Crippen LogP contribution < -0.4 is 16.2 Å². The van der Waals surface area contributed by atoms with Gasteiger partial charge in [-0.3, -0.25) is 9.52 Å². The van der Waals surface area contributed by atoms with Gasteiger partial charge >= 0.3 is 0 Å². The number of para-hydroxylation sites is 1. The molecule has 2 aromatic rings. The quantitative estimate of drug-likeness (QED) is 0.742. The zero-order chi connectivity index (χ0) is 15.6. The van der Waals surface area contributed by atoms with Gasteiger partial charge in [0, 0.05) is 5.56 Å². The third kappa shape index (κ3) is 3.14. The molecule has 1 amide bonds. The van der Waals surface area contributed by atoms with Gasteiger partial charge in [-0.25, -0.2) is 8.42 Å². The lowest BCUT2D eigenvalue weighted by Crippen LogP contribution is -2.17. The first-order valence-electron chi connectivity index (χ1n) is 6.09. The van der Waals surface area contributed by atoms with Crippen LogP contribution in [0.15, 0.2) is 47.4 Å². The fourth-order valence-electron chi connectivity index (χ4n) is 1.83. The van der Waals surface area contributed by atoms with Gasteiger partial charge in [0.15, 0.2) is 0 Å². The monoisotopic (exact) mass is 305 g/mol. The summed E-state index contributed by atoms with van der Waals surface area (Å²) in [6, 6.07) is 10.8. The van der Waals surface area contributed by atoms with E-state index in [4.69, 9.17) is 11.5 Å². The summed E-state index contributed by atoms with van der Waals surface area (Å²) >= 11 is 0. The van der Waals surface area contributed by atoms with Gasteiger partial charge < -0.3 is 11.5 Å². The number of anilines is 2. The van der Waals surface area contributed by atoms with E-state index in [1.807, 2.05) is 6.07 Å². The number of primary amides is 1. The average Bonchev–Trinajstić information content (AvgIpc) is 2.40. The molecule has 0 atom stereocenters. The van der Waals surface area contributed by atoms with Crippen LogP contribution in [0.4, 0.5) is 11.4 Å². The van der Waals surface area contributed by atoms with Crippen molar-refractivity contribution in [3.05, 3.63) is 53.6 Å². The van der Waals surface area contributed by atoms with Crippen molar-refractivity contribution in [2.24, 2.45) is 5.73 Å². The van der Waals surface area contributed by atoms with E-state index in [9.17, 15) is 13.2 Å². The van der Waals surface area contributed by atoms with E-state index in [1.165, 1.54) is 18.2 Å². The summed E-state index contributed by atoms with van der Waals surface area (Å²) < 4.78 is 27.2. The molecule has 0 unspecified atom stereocenters. The molecule has 0 aliphatic carbocycles. The second-order valence-corrected chi connectivity index (χ2v) is 6.19. The zero-order valence-electron chi connectivity index (χ0n) is 11.3. The van der Waals surface area contributed by atoms with Crippen molar-refractivity contribution in [1.29, 1.82) is 0 Å². The van der Waals surface area contributed by atoms with E-state index >= 15 is 0 Å². The van der Waals surface area contributed by atoms with Gasteiger partial charge in [-0.2, -0.15) is 0 Å². The number of sulfonamides is 1. The van der Waals surface area contributed by atoms with Crippen molar-refractivity contribution in [2.75, 3.05) is 10.5 Å². The number of carbonyl (C=O) groups is 1. The zero-order valence-corrected chi connectivity index (χ0v) is 12.1. The lowest BCUT2D eigenvalue weighted by molar-refractivity contribution is 0.1000. The maximum atomic E-state index is 12.3. The molecule has 110 valence electrons. The first-order chi connectivity index (χ1) is 9.81. The molecule has 0 aliphatic rings. The summed E-state index contributed by atoms with van der Waals surface area (Å²) in [6.45, 7) is 1.79. The number of nitrogens with two attached hydrogens (primary N) is 2. The van der Waals surface area contributed by atoms with Crippen LogP contribution in [0.25, 0.3) is 0 Å². The summed E-state index contributed by atoms with van der Waals surface area (Å²) in [5, 5.41) is 0. The summed E-state index contributed by atoms with van der Waals surface area (Å²) in [5.74, 6) is -0.669. The minimum atomic E-state index is -3.84. The fraction of sp³-hybridized carbons (Fsp3) is 0.0714. The summed E-state index contributed by atoms with van der Waals surface area (Å²) in [5.41, 5.74) is 12.2. The second kappa shape index (κ2) is 5.45. The predicted octanol–water partition coefficient (Wildman–Crippen LogP) is 1.48. The first-order valence-corrected chi connectivity index (χ1v) is 7.57. The average molecular weight is 305 g/mol. The number of benzene rings is 2. The lowest BCUT2D eigenvalue weighted by atomic mass is 10.2. The van der Waals surface area contributed by atoms with Crippen LogP contribution in [0.5, 0.6) is 0 Å². The van der Waals surface area contributed by atoms with E-state index < -0.39 is 15.9 Å². The maximum Gasteiger partial charge on any atom is 0.263 e. The predicted molar refractivity (Wildman–Crippen MR) is 81.4 cm³/mol. The van der Waals surface area contributed by atoms with Crippen molar-refractivity contribution in [3.8, 4) is 0 Å². The Morgan fingerprint density at radius 3 is 2.38 bits per heavy atom. The Labute approximate surface area is 122 Å². The number of amides is 1. The van der Waals surface area contributed by atoms with Crippen molar-refractivity contribution >= 4 is 27.3 Å². The van der Waals surface area contributed by atoms with E-state index in [0.717, 1.165) is 5.56 Å². The van der Waals surface area contributed by atoms with Gasteiger partial charge in [-0.1, -0.05) is 18.2 Å². The number of nitrogen functional groups attached to an aromatic ring is 1. The standard InChI is InChI=1S/C14H15N3O3S/c1-9-4-2-3-5-12(9)17-21(19,20)13-7-6-10(14(16)18)8-11(13)15/h2-8,17H,15H2,1H3,(H2,16,18). The van der Waals surface area contributed by atoms with Crippen molar-refractivity contribution in [2.45, 2.75) is 11.8 Å². The Balaban J connectivity index is 2.41. The van der Waals surface area contributed by atoms with Crippen molar-refractivity contribution in [1.82, 2.24) is 0 Å². The molecule has 0 aliphatic heterocycles. The molecular formula is C14H15N3O3S. The van der Waals surface area contributed by atoms with Crippen LogP contribution in [0.3, 0.4) is 0 Å². The van der Waals surface area contributed by atoms with E-state index in [1.54, 1.807) is 25.1 Å². The minimum absolute atomic E-state index is 0.0348. The third-order valence-corrected chi connectivity index (χ3v) is 4.41. The number of nitrogens with one attached hydrogen (secondary N) is 1.